The Bertz CT molecular complexity index is 256. The number of fused-ring (bicyclic) bond motifs is 1. The normalized spacial score (nSPS) is 54.0. The Morgan fingerprint density at radius 1 is 1.50 bits per heavy atom. The maximum Gasteiger partial charge on any atom is 0.136 e. The lowest BCUT2D eigenvalue weighted by molar-refractivity contribution is -0.119. The van der Waals surface area contributed by atoms with Crippen LogP contribution in [0.15, 0.2) is 12.7 Å². The minimum absolute atomic E-state index is 0.524. The van der Waals surface area contributed by atoms with Gasteiger partial charge in [-0.15, -0.1) is 6.58 Å². The van der Waals surface area contributed by atoms with Crippen LogP contribution in [0.3, 0.4) is 0 Å². The first-order valence-electron chi connectivity index (χ1n) is 4.96. The second-order valence-corrected chi connectivity index (χ2v) is 4.62. The Labute approximate surface area is 72.8 Å². The molecule has 0 amide bonds. The number of hydrogen-bond donors (Lipinski definition) is 0. The van der Waals surface area contributed by atoms with E-state index in [-0.39, 0.29) is 0 Å². The summed E-state index contributed by atoms with van der Waals surface area (Å²) in [6.07, 6.45) is 5.37. The first-order chi connectivity index (χ1) is 5.83. The summed E-state index contributed by atoms with van der Waals surface area (Å²) in [6, 6.07) is 0. The Balaban J connectivity index is 1.82. The lowest BCUT2D eigenvalue weighted by atomic mass is 9.90. The van der Waals surface area contributed by atoms with E-state index < -0.39 is 0 Å². The van der Waals surface area contributed by atoms with Gasteiger partial charge in [0.15, 0.2) is 0 Å². The van der Waals surface area contributed by atoms with Crippen LogP contribution >= 0.6 is 0 Å². The SMILES string of the molecule is C=CC[C@H]1CC2C3C(=O)C[C@@H]1[C@@H]23. The van der Waals surface area contributed by atoms with Gasteiger partial charge in [0.25, 0.3) is 0 Å². The van der Waals surface area contributed by atoms with Crippen LogP contribution in [-0.4, -0.2) is 5.78 Å². The molecule has 1 heteroatoms. The highest BCUT2D eigenvalue weighted by Crippen LogP contribution is 2.69. The predicted molar refractivity (Wildman–Crippen MR) is 46.5 cm³/mol. The van der Waals surface area contributed by atoms with Gasteiger partial charge < -0.3 is 0 Å². The summed E-state index contributed by atoms with van der Waals surface area (Å²) in [5, 5.41) is 0. The Morgan fingerprint density at radius 3 is 3.00 bits per heavy atom. The number of ketones is 1. The zero-order valence-electron chi connectivity index (χ0n) is 7.20. The summed E-state index contributed by atoms with van der Waals surface area (Å²) in [7, 11) is 0. The number of allylic oxidation sites excluding steroid dienone is 1. The molecule has 0 aromatic rings. The van der Waals surface area contributed by atoms with Crippen LogP contribution in [0.1, 0.15) is 19.3 Å². The molecule has 0 saturated heterocycles. The highest BCUT2D eigenvalue weighted by atomic mass is 16.1. The van der Waals surface area contributed by atoms with Crippen LogP contribution in [-0.2, 0) is 4.79 Å². The van der Waals surface area contributed by atoms with Crippen molar-refractivity contribution in [2.24, 2.45) is 29.6 Å². The topological polar surface area (TPSA) is 17.1 Å². The molecule has 0 aromatic carbocycles. The third kappa shape index (κ3) is 0.634. The largest absolute Gasteiger partial charge is 0.299 e. The lowest BCUT2D eigenvalue weighted by Crippen LogP contribution is -2.08. The summed E-state index contributed by atoms with van der Waals surface area (Å²) in [4.78, 5) is 11.4. The molecule has 0 radical (unpaired) electrons. The van der Waals surface area contributed by atoms with Crippen molar-refractivity contribution < 1.29 is 4.79 Å². The molecule has 64 valence electrons. The average molecular weight is 162 g/mol. The molecule has 3 aliphatic carbocycles. The van der Waals surface area contributed by atoms with Crippen molar-refractivity contribution in [3.05, 3.63) is 12.7 Å². The van der Waals surface area contributed by atoms with E-state index in [1.165, 1.54) is 6.42 Å². The monoisotopic (exact) mass is 162 g/mol. The summed E-state index contributed by atoms with van der Waals surface area (Å²) in [5.41, 5.74) is 0. The van der Waals surface area contributed by atoms with Gasteiger partial charge in [-0.25, -0.2) is 0 Å². The quantitative estimate of drug-likeness (QED) is 0.568. The smallest absolute Gasteiger partial charge is 0.136 e. The summed E-state index contributed by atoms with van der Waals surface area (Å²) < 4.78 is 0. The van der Waals surface area contributed by atoms with Crippen molar-refractivity contribution in [1.29, 1.82) is 0 Å². The van der Waals surface area contributed by atoms with E-state index in [2.05, 4.69) is 6.58 Å². The van der Waals surface area contributed by atoms with Gasteiger partial charge in [-0.2, -0.15) is 0 Å². The van der Waals surface area contributed by atoms with Gasteiger partial charge in [0, 0.05) is 12.3 Å². The first-order valence-corrected chi connectivity index (χ1v) is 4.96. The molecule has 0 heterocycles. The molecule has 3 fully saturated rings. The van der Waals surface area contributed by atoms with Gasteiger partial charge in [-0.1, -0.05) is 6.08 Å². The van der Waals surface area contributed by atoms with E-state index in [0.717, 1.165) is 36.5 Å². The molecule has 3 saturated carbocycles. The summed E-state index contributed by atoms with van der Waals surface area (Å²) >= 11 is 0. The van der Waals surface area contributed by atoms with E-state index >= 15 is 0 Å². The van der Waals surface area contributed by atoms with Gasteiger partial charge in [0.2, 0.25) is 0 Å². The van der Waals surface area contributed by atoms with Crippen LogP contribution in [0.2, 0.25) is 0 Å². The van der Waals surface area contributed by atoms with E-state index in [9.17, 15) is 4.79 Å². The summed E-state index contributed by atoms with van der Waals surface area (Å²) in [5.74, 6) is 4.28. The minimum atomic E-state index is 0.524. The molecule has 3 aliphatic rings. The second-order valence-electron chi connectivity index (χ2n) is 4.62. The lowest BCUT2D eigenvalue weighted by Gasteiger charge is -2.15. The molecule has 0 spiro atoms. The van der Waals surface area contributed by atoms with Crippen molar-refractivity contribution in [3.63, 3.8) is 0 Å². The molecule has 0 N–H and O–H groups in total. The van der Waals surface area contributed by atoms with Crippen molar-refractivity contribution in [3.8, 4) is 0 Å². The fraction of sp³-hybridized carbons (Fsp3) is 0.727. The van der Waals surface area contributed by atoms with E-state index in [0.29, 0.717) is 11.7 Å². The number of carbonyl (C=O) groups excluding carboxylic acids is 1. The van der Waals surface area contributed by atoms with Crippen LogP contribution in [0, 0.1) is 29.6 Å². The Morgan fingerprint density at radius 2 is 2.33 bits per heavy atom. The maximum atomic E-state index is 11.4. The zero-order valence-corrected chi connectivity index (χ0v) is 7.20. The highest BCUT2D eigenvalue weighted by Gasteiger charge is 2.68. The van der Waals surface area contributed by atoms with Crippen molar-refractivity contribution in [1.82, 2.24) is 0 Å². The fourth-order valence-electron chi connectivity index (χ4n) is 3.74. The molecule has 0 bridgehead atoms. The number of carbonyl (C=O) groups is 1. The molecule has 0 aliphatic heterocycles. The van der Waals surface area contributed by atoms with E-state index in [1.54, 1.807) is 0 Å². The molecular formula is C11H14O. The molecule has 3 rings (SSSR count). The molecular weight excluding hydrogens is 148 g/mol. The van der Waals surface area contributed by atoms with Crippen LogP contribution in [0.5, 0.6) is 0 Å². The standard InChI is InChI=1S/C11H14O/c1-2-3-6-4-8-10-7(6)5-9(12)11(8)10/h2,6-8,10-11H,1,3-5H2/t6-,7-,8?,10-,11?/m0/s1. The first kappa shape index (κ1) is 6.88. The Hall–Kier alpha value is -0.590. The van der Waals surface area contributed by atoms with Gasteiger partial charge in [0.05, 0.1) is 0 Å². The second kappa shape index (κ2) is 2.01. The predicted octanol–water partition coefficient (Wildman–Crippen LogP) is 2.03. The zero-order chi connectivity index (χ0) is 8.29. The minimum Gasteiger partial charge on any atom is -0.299 e. The van der Waals surface area contributed by atoms with Crippen LogP contribution in [0.4, 0.5) is 0 Å². The molecule has 5 atom stereocenters. The number of rotatable bonds is 2. The molecule has 2 unspecified atom stereocenters. The number of hydrogen-bond acceptors (Lipinski definition) is 1. The summed E-state index contributed by atoms with van der Waals surface area (Å²) in [6.45, 7) is 3.78. The van der Waals surface area contributed by atoms with Crippen molar-refractivity contribution in [2.75, 3.05) is 0 Å². The van der Waals surface area contributed by atoms with E-state index in [4.69, 9.17) is 0 Å². The van der Waals surface area contributed by atoms with E-state index in [1.807, 2.05) is 6.08 Å². The van der Waals surface area contributed by atoms with Gasteiger partial charge in [-0.05, 0) is 36.5 Å². The van der Waals surface area contributed by atoms with Crippen LogP contribution < -0.4 is 0 Å². The van der Waals surface area contributed by atoms with Gasteiger partial charge >= 0.3 is 0 Å². The van der Waals surface area contributed by atoms with Crippen molar-refractivity contribution in [2.45, 2.75) is 19.3 Å². The highest BCUT2D eigenvalue weighted by molar-refractivity contribution is 5.88. The fourth-order valence-corrected chi connectivity index (χ4v) is 3.74. The molecule has 12 heavy (non-hydrogen) atoms. The average Bonchev–Trinajstić information content (AvgIpc) is 2.54. The maximum absolute atomic E-state index is 11.4. The third-order valence-electron chi connectivity index (χ3n) is 4.18. The number of Topliss-reactive ketones (excluding diaryl/α,β-unsaturated/α-hetero) is 1. The van der Waals surface area contributed by atoms with Crippen molar-refractivity contribution >= 4 is 5.78 Å². The van der Waals surface area contributed by atoms with Crippen LogP contribution in [0.25, 0.3) is 0 Å². The molecule has 1 nitrogen and oxygen atoms in total. The Kier molecular flexibility index (Phi) is 1.15. The third-order valence-corrected chi connectivity index (χ3v) is 4.18. The molecule has 0 aromatic heterocycles. The van der Waals surface area contributed by atoms with Gasteiger partial charge in [0.1, 0.15) is 5.78 Å². The van der Waals surface area contributed by atoms with Gasteiger partial charge in [-0.3, -0.25) is 4.79 Å².